The topological polar surface area (TPSA) is 32.7 Å². The molecule has 1 aliphatic rings. The van der Waals surface area contributed by atoms with E-state index in [-0.39, 0.29) is 0 Å². The average molecular weight is 201 g/mol. The van der Waals surface area contributed by atoms with Crippen molar-refractivity contribution >= 4 is 0 Å². The lowest BCUT2D eigenvalue weighted by Crippen LogP contribution is -2.25. The Kier molecular flexibility index (Phi) is 6.15. The summed E-state index contributed by atoms with van der Waals surface area (Å²) in [5.41, 5.74) is 0. The van der Waals surface area contributed by atoms with Crippen LogP contribution >= 0.6 is 0 Å². The van der Waals surface area contributed by atoms with Gasteiger partial charge in [-0.1, -0.05) is 13.3 Å². The second-order valence-corrected chi connectivity index (χ2v) is 4.10. The van der Waals surface area contributed by atoms with Crippen molar-refractivity contribution in [3.8, 4) is 0 Å². The molecule has 0 aliphatic carbocycles. The molecule has 0 aromatic carbocycles. The van der Waals surface area contributed by atoms with Crippen LogP contribution in [-0.4, -0.2) is 49.5 Å². The van der Waals surface area contributed by atoms with Gasteiger partial charge in [-0.3, -0.25) is 0 Å². The molecule has 84 valence electrons. The third-order valence-electron chi connectivity index (χ3n) is 2.82. The molecule has 1 N–H and O–H groups in total. The van der Waals surface area contributed by atoms with E-state index >= 15 is 0 Å². The summed E-state index contributed by atoms with van der Waals surface area (Å²) >= 11 is 0. The fourth-order valence-electron chi connectivity index (χ4n) is 1.81. The number of aliphatic hydroxyl groups is 1. The lowest BCUT2D eigenvalue weighted by atomic mass is 10.1. The molecular formula is C11H23NO2. The number of aliphatic hydroxyl groups excluding tert-OH is 1. The smallest absolute Gasteiger partial charge is 0.0593 e. The highest BCUT2D eigenvalue weighted by Gasteiger charge is 2.20. The van der Waals surface area contributed by atoms with E-state index in [1.165, 1.54) is 12.8 Å². The van der Waals surface area contributed by atoms with Crippen LogP contribution in [0.2, 0.25) is 0 Å². The molecule has 1 unspecified atom stereocenters. The van der Waals surface area contributed by atoms with E-state index in [2.05, 4.69) is 11.8 Å². The zero-order valence-corrected chi connectivity index (χ0v) is 9.24. The predicted octanol–water partition coefficient (Wildman–Crippen LogP) is 1.12. The molecule has 0 aromatic heterocycles. The Balaban J connectivity index is 1.92. The van der Waals surface area contributed by atoms with E-state index in [0.717, 1.165) is 39.3 Å². The van der Waals surface area contributed by atoms with E-state index in [9.17, 15) is 0 Å². The largest absolute Gasteiger partial charge is 0.396 e. The van der Waals surface area contributed by atoms with Crippen LogP contribution in [0.3, 0.4) is 0 Å². The number of likely N-dealkylation sites (tertiary alicyclic amines) is 1. The number of hydrogen-bond donors (Lipinski definition) is 1. The molecule has 1 saturated heterocycles. The molecule has 0 radical (unpaired) electrons. The maximum atomic E-state index is 8.97. The van der Waals surface area contributed by atoms with Gasteiger partial charge in [-0.05, 0) is 25.3 Å². The summed E-state index contributed by atoms with van der Waals surface area (Å²) in [6.45, 7) is 7.46. The van der Waals surface area contributed by atoms with Gasteiger partial charge in [0.15, 0.2) is 0 Å². The van der Waals surface area contributed by atoms with Gasteiger partial charge < -0.3 is 14.7 Å². The minimum Gasteiger partial charge on any atom is -0.396 e. The summed E-state index contributed by atoms with van der Waals surface area (Å²) < 4.78 is 5.50. The van der Waals surface area contributed by atoms with Crippen LogP contribution in [0.1, 0.15) is 26.2 Å². The zero-order valence-electron chi connectivity index (χ0n) is 9.24. The molecule has 1 rings (SSSR count). The van der Waals surface area contributed by atoms with Crippen molar-refractivity contribution in [2.75, 3.05) is 39.5 Å². The summed E-state index contributed by atoms with van der Waals surface area (Å²) in [6, 6.07) is 0. The third-order valence-corrected chi connectivity index (χ3v) is 2.82. The molecule has 3 heteroatoms. The number of rotatable bonds is 7. The predicted molar refractivity (Wildman–Crippen MR) is 57.4 cm³/mol. The van der Waals surface area contributed by atoms with Gasteiger partial charge in [0.1, 0.15) is 0 Å². The molecule has 0 amide bonds. The first kappa shape index (κ1) is 12.0. The van der Waals surface area contributed by atoms with Gasteiger partial charge in [0.25, 0.3) is 0 Å². The van der Waals surface area contributed by atoms with Crippen LogP contribution in [-0.2, 0) is 4.74 Å². The molecule has 0 saturated carbocycles. The van der Waals surface area contributed by atoms with Crippen molar-refractivity contribution in [3.63, 3.8) is 0 Å². The molecule has 1 fully saturated rings. The van der Waals surface area contributed by atoms with Gasteiger partial charge in [-0.25, -0.2) is 0 Å². The second kappa shape index (κ2) is 7.21. The Bertz CT molecular complexity index is 141. The Hall–Kier alpha value is -0.120. The Morgan fingerprint density at radius 3 is 2.93 bits per heavy atom. The molecule has 3 nitrogen and oxygen atoms in total. The van der Waals surface area contributed by atoms with Crippen molar-refractivity contribution < 1.29 is 9.84 Å². The highest BCUT2D eigenvalue weighted by molar-refractivity contribution is 4.74. The number of nitrogens with zero attached hydrogens (tertiary/aromatic N) is 1. The van der Waals surface area contributed by atoms with Gasteiger partial charge in [0, 0.05) is 26.3 Å². The average Bonchev–Trinajstić information content (AvgIpc) is 2.65. The molecule has 0 bridgehead atoms. The van der Waals surface area contributed by atoms with Crippen LogP contribution in [0.25, 0.3) is 0 Å². The minimum atomic E-state index is 0.340. The van der Waals surface area contributed by atoms with Crippen LogP contribution in [0.15, 0.2) is 0 Å². The maximum Gasteiger partial charge on any atom is 0.0593 e. The Morgan fingerprint density at radius 2 is 2.29 bits per heavy atom. The summed E-state index contributed by atoms with van der Waals surface area (Å²) in [4.78, 5) is 2.38. The highest BCUT2D eigenvalue weighted by atomic mass is 16.5. The summed E-state index contributed by atoms with van der Waals surface area (Å²) in [5, 5.41) is 8.97. The molecule has 0 spiro atoms. The summed E-state index contributed by atoms with van der Waals surface area (Å²) in [7, 11) is 0. The zero-order chi connectivity index (χ0) is 10.2. The van der Waals surface area contributed by atoms with E-state index in [1.807, 2.05) is 0 Å². The van der Waals surface area contributed by atoms with Gasteiger partial charge >= 0.3 is 0 Å². The van der Waals surface area contributed by atoms with Crippen LogP contribution in [0.4, 0.5) is 0 Å². The van der Waals surface area contributed by atoms with Crippen molar-refractivity contribution in [2.24, 2.45) is 5.92 Å². The van der Waals surface area contributed by atoms with Crippen molar-refractivity contribution in [1.82, 2.24) is 4.90 Å². The quantitative estimate of drug-likeness (QED) is 0.626. The van der Waals surface area contributed by atoms with Crippen LogP contribution in [0.5, 0.6) is 0 Å². The minimum absolute atomic E-state index is 0.340. The van der Waals surface area contributed by atoms with E-state index in [0.29, 0.717) is 12.5 Å². The second-order valence-electron chi connectivity index (χ2n) is 4.10. The first-order chi connectivity index (χ1) is 6.86. The van der Waals surface area contributed by atoms with Crippen molar-refractivity contribution in [1.29, 1.82) is 0 Å². The Morgan fingerprint density at radius 1 is 1.43 bits per heavy atom. The molecule has 1 atom stereocenters. The Labute approximate surface area is 87.1 Å². The van der Waals surface area contributed by atoms with E-state index in [4.69, 9.17) is 9.84 Å². The maximum absolute atomic E-state index is 8.97. The van der Waals surface area contributed by atoms with Crippen LogP contribution in [0, 0.1) is 5.92 Å². The number of unbranched alkanes of at least 4 members (excludes halogenated alkanes) is 1. The fourth-order valence-corrected chi connectivity index (χ4v) is 1.81. The molecule has 1 heterocycles. The van der Waals surface area contributed by atoms with Crippen LogP contribution < -0.4 is 0 Å². The third kappa shape index (κ3) is 4.40. The monoisotopic (exact) mass is 201 g/mol. The van der Waals surface area contributed by atoms with Gasteiger partial charge in [0.05, 0.1) is 6.61 Å². The fraction of sp³-hybridized carbons (Fsp3) is 1.00. The molecular weight excluding hydrogens is 178 g/mol. The van der Waals surface area contributed by atoms with E-state index in [1.54, 1.807) is 0 Å². The normalized spacial score (nSPS) is 23.1. The number of ether oxygens (including phenoxy) is 1. The van der Waals surface area contributed by atoms with Gasteiger partial charge in [-0.15, -0.1) is 0 Å². The highest BCUT2D eigenvalue weighted by Crippen LogP contribution is 2.14. The lowest BCUT2D eigenvalue weighted by molar-refractivity contribution is 0.106. The van der Waals surface area contributed by atoms with E-state index < -0.39 is 0 Å². The lowest BCUT2D eigenvalue weighted by Gasteiger charge is -2.15. The van der Waals surface area contributed by atoms with Gasteiger partial charge in [0.2, 0.25) is 0 Å². The molecule has 14 heavy (non-hydrogen) atoms. The summed E-state index contributed by atoms with van der Waals surface area (Å²) in [5.74, 6) is 0.505. The summed E-state index contributed by atoms with van der Waals surface area (Å²) in [6.07, 6.45) is 3.51. The van der Waals surface area contributed by atoms with Crippen molar-refractivity contribution in [3.05, 3.63) is 0 Å². The van der Waals surface area contributed by atoms with Crippen molar-refractivity contribution in [2.45, 2.75) is 26.2 Å². The first-order valence-electron chi connectivity index (χ1n) is 5.77. The standard InChI is InChI=1S/C11H23NO2/c1-2-3-7-14-8-6-12-5-4-11(9-12)10-13/h11,13H,2-10H2,1H3. The molecule has 1 aliphatic heterocycles. The SMILES string of the molecule is CCCCOCCN1CCC(CO)C1. The first-order valence-corrected chi connectivity index (χ1v) is 5.77. The number of hydrogen-bond acceptors (Lipinski definition) is 3. The molecule has 0 aromatic rings. The van der Waals surface area contributed by atoms with Gasteiger partial charge in [-0.2, -0.15) is 0 Å².